The van der Waals surface area contributed by atoms with Crippen LogP contribution in [0.2, 0.25) is 5.02 Å². The van der Waals surface area contributed by atoms with Crippen molar-refractivity contribution in [1.29, 1.82) is 0 Å². The van der Waals surface area contributed by atoms with Crippen LogP contribution in [0.25, 0.3) is 0 Å². The first-order valence-electron chi connectivity index (χ1n) is 9.10. The lowest BCUT2D eigenvalue weighted by Crippen LogP contribution is -2.49. The molecule has 0 saturated carbocycles. The van der Waals surface area contributed by atoms with Crippen molar-refractivity contribution in [3.8, 4) is 0 Å². The number of likely N-dealkylation sites (N-methyl/N-ethyl adjacent to an activating group) is 1. The summed E-state index contributed by atoms with van der Waals surface area (Å²) in [5.74, 6) is 0.510. The predicted molar refractivity (Wildman–Crippen MR) is 104 cm³/mol. The summed E-state index contributed by atoms with van der Waals surface area (Å²) < 4.78 is 0. The lowest BCUT2D eigenvalue weighted by atomic mass is 9.95. The van der Waals surface area contributed by atoms with Crippen molar-refractivity contribution in [1.82, 2.24) is 14.7 Å². The molecule has 0 radical (unpaired) electrons. The van der Waals surface area contributed by atoms with Gasteiger partial charge in [0.15, 0.2) is 0 Å². The minimum atomic E-state index is -0.100. The van der Waals surface area contributed by atoms with E-state index in [1.54, 1.807) is 25.1 Å². The molecule has 1 aromatic rings. The van der Waals surface area contributed by atoms with E-state index in [1.165, 1.54) is 0 Å². The highest BCUT2D eigenvalue weighted by Gasteiger charge is 2.37. The number of benzene rings is 1. The van der Waals surface area contributed by atoms with Gasteiger partial charge in [0.05, 0.1) is 17.3 Å². The number of para-hydroxylation sites is 1. The highest BCUT2D eigenvalue weighted by Crippen LogP contribution is 2.30. The quantitative estimate of drug-likeness (QED) is 0.879. The van der Waals surface area contributed by atoms with E-state index in [9.17, 15) is 9.59 Å². The number of halogens is 1. The molecule has 142 valence electrons. The Balaban J connectivity index is 1.70. The summed E-state index contributed by atoms with van der Waals surface area (Å²) in [5, 5.41) is 3.55. The molecule has 0 aliphatic carbocycles. The first-order chi connectivity index (χ1) is 12.3. The van der Waals surface area contributed by atoms with E-state index >= 15 is 0 Å². The van der Waals surface area contributed by atoms with Gasteiger partial charge >= 0.3 is 6.03 Å². The molecule has 6 nitrogen and oxygen atoms in total. The summed E-state index contributed by atoms with van der Waals surface area (Å²) >= 11 is 6.25. The van der Waals surface area contributed by atoms with Gasteiger partial charge in [-0.25, -0.2) is 4.79 Å². The molecule has 3 fully saturated rings. The Morgan fingerprint density at radius 2 is 2.00 bits per heavy atom. The highest BCUT2D eigenvalue weighted by molar-refractivity contribution is 6.33. The molecule has 0 aromatic heterocycles. The van der Waals surface area contributed by atoms with Gasteiger partial charge in [0.2, 0.25) is 5.91 Å². The summed E-state index contributed by atoms with van der Waals surface area (Å²) in [4.78, 5) is 30.7. The number of carbonyl (C=O) groups is 2. The second kappa shape index (κ2) is 7.84. The van der Waals surface area contributed by atoms with Gasteiger partial charge < -0.3 is 15.1 Å². The summed E-state index contributed by atoms with van der Waals surface area (Å²) in [7, 11) is 3.56. The first-order valence-corrected chi connectivity index (χ1v) is 9.48. The van der Waals surface area contributed by atoms with Crippen LogP contribution < -0.4 is 5.32 Å². The fraction of sp³-hybridized carbons (Fsp3) is 0.579. The maximum Gasteiger partial charge on any atom is 0.322 e. The fourth-order valence-corrected chi connectivity index (χ4v) is 4.13. The van der Waals surface area contributed by atoms with Crippen LogP contribution in [-0.4, -0.2) is 73.0 Å². The van der Waals surface area contributed by atoms with Crippen LogP contribution in [0.3, 0.4) is 0 Å². The number of amides is 3. The van der Waals surface area contributed by atoms with Gasteiger partial charge in [0.25, 0.3) is 0 Å². The highest BCUT2D eigenvalue weighted by atomic mass is 35.5. The van der Waals surface area contributed by atoms with Gasteiger partial charge in [-0.05, 0) is 37.3 Å². The van der Waals surface area contributed by atoms with Crippen molar-refractivity contribution in [2.24, 2.45) is 5.92 Å². The third kappa shape index (κ3) is 4.13. The molecule has 0 unspecified atom stereocenters. The molecule has 3 aliphatic rings. The van der Waals surface area contributed by atoms with Gasteiger partial charge in [-0.15, -0.1) is 0 Å². The number of piperidine rings is 1. The number of fused-ring (bicyclic) bond motifs is 4. The fourth-order valence-electron chi connectivity index (χ4n) is 3.86. The average molecular weight is 379 g/mol. The number of urea groups is 1. The van der Waals surface area contributed by atoms with Crippen LogP contribution in [0, 0.1) is 12.8 Å². The van der Waals surface area contributed by atoms with E-state index < -0.39 is 0 Å². The molecule has 1 N–H and O–H groups in total. The van der Waals surface area contributed by atoms with Crippen LogP contribution in [-0.2, 0) is 4.79 Å². The van der Waals surface area contributed by atoms with E-state index in [2.05, 4.69) is 10.2 Å². The number of hydrogen-bond acceptors (Lipinski definition) is 3. The van der Waals surface area contributed by atoms with E-state index in [0.29, 0.717) is 23.2 Å². The number of nitrogens with one attached hydrogen (secondary N) is 1. The molecule has 4 rings (SSSR count). The summed E-state index contributed by atoms with van der Waals surface area (Å²) in [6.07, 6.45) is 2.08. The van der Waals surface area contributed by atoms with Gasteiger partial charge in [0.1, 0.15) is 0 Å². The molecular weight excluding hydrogens is 352 g/mol. The lowest BCUT2D eigenvalue weighted by molar-refractivity contribution is -0.129. The second-order valence-corrected chi connectivity index (χ2v) is 8.00. The van der Waals surface area contributed by atoms with Gasteiger partial charge in [-0.3, -0.25) is 9.69 Å². The van der Waals surface area contributed by atoms with Crippen molar-refractivity contribution < 1.29 is 9.59 Å². The number of rotatable bonds is 3. The minimum Gasteiger partial charge on any atom is -0.348 e. The first kappa shape index (κ1) is 19.0. The van der Waals surface area contributed by atoms with Crippen molar-refractivity contribution in [3.63, 3.8) is 0 Å². The molecule has 0 spiro atoms. The topological polar surface area (TPSA) is 55.9 Å². The van der Waals surface area contributed by atoms with Gasteiger partial charge in [-0.2, -0.15) is 0 Å². The largest absolute Gasteiger partial charge is 0.348 e. The molecule has 2 atom stereocenters. The molecule has 3 saturated heterocycles. The maximum atomic E-state index is 12.9. The molecule has 3 amide bonds. The van der Waals surface area contributed by atoms with Gasteiger partial charge in [0, 0.05) is 39.8 Å². The van der Waals surface area contributed by atoms with Crippen molar-refractivity contribution in [2.45, 2.75) is 25.8 Å². The van der Waals surface area contributed by atoms with Crippen LogP contribution in [0.15, 0.2) is 18.2 Å². The van der Waals surface area contributed by atoms with Crippen LogP contribution in [0.4, 0.5) is 10.5 Å². The van der Waals surface area contributed by atoms with Crippen LogP contribution >= 0.6 is 11.6 Å². The maximum absolute atomic E-state index is 12.9. The lowest BCUT2D eigenvalue weighted by Gasteiger charge is -2.36. The van der Waals surface area contributed by atoms with Crippen LogP contribution in [0.5, 0.6) is 0 Å². The Hall–Kier alpha value is -1.79. The Morgan fingerprint density at radius 3 is 2.69 bits per heavy atom. The zero-order valence-electron chi connectivity index (χ0n) is 15.7. The number of hydrogen-bond donors (Lipinski definition) is 1. The monoisotopic (exact) mass is 378 g/mol. The number of aryl methyl sites for hydroxylation is 1. The normalized spacial score (nSPS) is 22.8. The minimum absolute atomic E-state index is 0.100. The number of carbonyl (C=O) groups excluding carboxylic acids is 2. The van der Waals surface area contributed by atoms with E-state index in [0.717, 1.165) is 38.0 Å². The molecule has 26 heavy (non-hydrogen) atoms. The van der Waals surface area contributed by atoms with Crippen molar-refractivity contribution in [2.75, 3.05) is 45.6 Å². The van der Waals surface area contributed by atoms with Crippen LogP contribution in [0.1, 0.15) is 18.4 Å². The van der Waals surface area contributed by atoms with Crippen molar-refractivity contribution in [3.05, 3.63) is 28.8 Å². The standard InChI is InChI=1S/C19H27ClN4O2/c1-13-5-4-6-16(20)18(13)21-19(26)24-10-14-7-8-15(24)11-23(9-14)12-17(25)22(2)3/h4-6,14-15H,7-12H2,1-3H3,(H,21,26)/t14-,15+/m0/s1. The number of nitrogens with zero attached hydrogens (tertiary/aromatic N) is 3. The predicted octanol–water partition coefficient (Wildman–Crippen LogP) is 2.66. The molecule has 7 heteroatoms. The van der Waals surface area contributed by atoms with Gasteiger partial charge in [-0.1, -0.05) is 23.7 Å². The Labute approximate surface area is 160 Å². The average Bonchev–Trinajstić information content (AvgIpc) is 2.88. The zero-order chi connectivity index (χ0) is 18.8. The molecular formula is C19H27ClN4O2. The number of anilines is 1. The SMILES string of the molecule is Cc1cccc(Cl)c1NC(=O)N1C[C@H]2CC[C@@H]1CN(CC(=O)N(C)C)C2. The summed E-state index contributed by atoms with van der Waals surface area (Å²) in [6, 6.07) is 5.63. The summed E-state index contributed by atoms with van der Waals surface area (Å²) in [5.41, 5.74) is 1.63. The Morgan fingerprint density at radius 1 is 1.23 bits per heavy atom. The van der Waals surface area contributed by atoms with E-state index in [1.807, 2.05) is 24.0 Å². The second-order valence-electron chi connectivity index (χ2n) is 7.59. The third-order valence-corrected chi connectivity index (χ3v) is 5.68. The zero-order valence-corrected chi connectivity index (χ0v) is 16.4. The van der Waals surface area contributed by atoms with E-state index in [-0.39, 0.29) is 18.0 Å². The molecule has 3 aliphatic heterocycles. The Bertz CT molecular complexity index is 674. The molecule has 2 bridgehead atoms. The molecule has 3 heterocycles. The third-order valence-electron chi connectivity index (χ3n) is 5.36. The summed E-state index contributed by atoms with van der Waals surface area (Å²) in [6.45, 7) is 4.69. The van der Waals surface area contributed by atoms with Crippen molar-refractivity contribution >= 4 is 29.2 Å². The Kier molecular flexibility index (Phi) is 5.73. The molecule has 1 aromatic carbocycles. The smallest absolute Gasteiger partial charge is 0.322 e. The van der Waals surface area contributed by atoms with E-state index in [4.69, 9.17) is 11.6 Å².